The highest BCUT2D eigenvalue weighted by Crippen LogP contribution is 2.38. The molecule has 2 heterocycles. The van der Waals surface area contributed by atoms with Crippen LogP contribution in [0.3, 0.4) is 0 Å². The molecule has 0 radical (unpaired) electrons. The van der Waals surface area contributed by atoms with Crippen LogP contribution in [0.5, 0.6) is 0 Å². The van der Waals surface area contributed by atoms with Crippen LogP contribution in [0.25, 0.3) is 0 Å². The van der Waals surface area contributed by atoms with E-state index in [9.17, 15) is 5.11 Å². The Bertz CT molecular complexity index is 442. The van der Waals surface area contributed by atoms with Gasteiger partial charge in [0.1, 0.15) is 23.1 Å². The molecule has 1 saturated heterocycles. The molecule has 1 atom stereocenters. The number of aromatic nitrogens is 2. The van der Waals surface area contributed by atoms with Crippen LogP contribution >= 0.6 is 0 Å². The number of hydrogen-bond acceptors (Lipinski definition) is 6. The maximum Gasteiger partial charge on any atom is 0.136 e. The summed E-state index contributed by atoms with van der Waals surface area (Å²) in [4.78, 5) is 8.67. The van der Waals surface area contributed by atoms with Gasteiger partial charge >= 0.3 is 0 Å². The largest absolute Gasteiger partial charge is 0.386 e. The summed E-state index contributed by atoms with van der Waals surface area (Å²) in [6, 6.07) is 1.70. The summed E-state index contributed by atoms with van der Waals surface area (Å²) < 4.78 is 5.20. The highest BCUT2D eigenvalue weighted by Gasteiger charge is 2.32. The van der Waals surface area contributed by atoms with Crippen LogP contribution in [0, 0.1) is 0 Å². The number of nitrogens with one attached hydrogen (secondary N) is 1. The Balaban J connectivity index is 1.68. The Morgan fingerprint density at radius 1 is 1.50 bits per heavy atom. The van der Waals surface area contributed by atoms with Crippen molar-refractivity contribution in [2.24, 2.45) is 0 Å². The van der Waals surface area contributed by atoms with Crippen LogP contribution in [-0.2, 0) is 4.74 Å². The second-order valence-corrected chi connectivity index (χ2v) is 5.19. The minimum Gasteiger partial charge on any atom is -0.386 e. The van der Waals surface area contributed by atoms with E-state index in [2.05, 4.69) is 15.3 Å². The lowest BCUT2D eigenvalue weighted by molar-refractivity contribution is 0.0381. The summed E-state index contributed by atoms with van der Waals surface area (Å²) in [7, 11) is 0. The Morgan fingerprint density at radius 2 is 2.33 bits per heavy atom. The molecular weight excluding hydrogens is 232 g/mol. The highest BCUT2D eigenvalue weighted by atomic mass is 16.5. The standard InChI is InChI=1S/C12H18N4O2/c13-9-5-10(16-11(15-9)8-1-2-8)14-6-12(17)3-4-18-7-12/h5,8,17H,1-4,6-7H2,(H3,13,14,15,16). The first-order chi connectivity index (χ1) is 8.65. The molecule has 2 fully saturated rings. The van der Waals surface area contributed by atoms with Gasteiger partial charge in [0.2, 0.25) is 0 Å². The molecule has 3 rings (SSSR count). The second kappa shape index (κ2) is 4.37. The summed E-state index contributed by atoms with van der Waals surface area (Å²) in [5.41, 5.74) is 4.97. The van der Waals surface area contributed by atoms with Gasteiger partial charge in [0.05, 0.1) is 6.61 Å². The third kappa shape index (κ3) is 2.54. The summed E-state index contributed by atoms with van der Waals surface area (Å²) in [6.45, 7) is 1.40. The van der Waals surface area contributed by atoms with E-state index in [1.54, 1.807) is 6.07 Å². The molecule has 1 saturated carbocycles. The summed E-state index contributed by atoms with van der Waals surface area (Å²) in [5.74, 6) is 2.44. The number of nitrogen functional groups attached to an aromatic ring is 1. The summed E-state index contributed by atoms with van der Waals surface area (Å²) in [5, 5.41) is 13.3. The second-order valence-electron chi connectivity index (χ2n) is 5.19. The predicted molar refractivity (Wildman–Crippen MR) is 67.3 cm³/mol. The Hall–Kier alpha value is -1.40. The molecule has 1 aromatic rings. The maximum absolute atomic E-state index is 10.2. The maximum atomic E-state index is 10.2. The fourth-order valence-electron chi connectivity index (χ4n) is 2.09. The van der Waals surface area contributed by atoms with Crippen LogP contribution in [0.4, 0.5) is 11.6 Å². The van der Waals surface area contributed by atoms with Gasteiger partial charge in [-0.3, -0.25) is 0 Å². The van der Waals surface area contributed by atoms with Gasteiger partial charge in [0.25, 0.3) is 0 Å². The van der Waals surface area contributed by atoms with Crippen LogP contribution < -0.4 is 11.1 Å². The lowest BCUT2D eigenvalue weighted by Crippen LogP contribution is -2.37. The third-order valence-corrected chi connectivity index (χ3v) is 3.39. The van der Waals surface area contributed by atoms with Gasteiger partial charge < -0.3 is 20.9 Å². The van der Waals surface area contributed by atoms with Gasteiger partial charge in [-0.1, -0.05) is 0 Å². The van der Waals surface area contributed by atoms with E-state index < -0.39 is 5.60 Å². The van der Waals surface area contributed by atoms with E-state index in [0.29, 0.717) is 43.7 Å². The molecular formula is C12H18N4O2. The Kier molecular flexibility index (Phi) is 2.83. The normalized spacial score (nSPS) is 27.4. The smallest absolute Gasteiger partial charge is 0.136 e. The molecule has 0 spiro atoms. The van der Waals surface area contributed by atoms with Gasteiger partial charge in [-0.05, 0) is 12.8 Å². The molecule has 98 valence electrons. The average Bonchev–Trinajstić information content (AvgIpc) is 3.10. The van der Waals surface area contributed by atoms with Crippen LogP contribution in [0.1, 0.15) is 31.0 Å². The zero-order valence-electron chi connectivity index (χ0n) is 10.2. The first kappa shape index (κ1) is 11.7. The Labute approximate surface area is 106 Å². The number of nitrogens with two attached hydrogens (primary N) is 1. The van der Waals surface area contributed by atoms with Crippen molar-refractivity contribution < 1.29 is 9.84 Å². The average molecular weight is 250 g/mol. The number of hydrogen-bond donors (Lipinski definition) is 3. The highest BCUT2D eigenvalue weighted by molar-refractivity contribution is 5.45. The SMILES string of the molecule is Nc1cc(NCC2(O)CCOC2)nc(C2CC2)n1. The van der Waals surface area contributed by atoms with Gasteiger partial charge in [-0.15, -0.1) is 0 Å². The molecule has 6 nitrogen and oxygen atoms in total. The molecule has 0 amide bonds. The number of rotatable bonds is 4. The molecule has 4 N–H and O–H groups in total. The lowest BCUT2D eigenvalue weighted by Gasteiger charge is -2.21. The number of anilines is 2. The van der Waals surface area contributed by atoms with Crippen LogP contribution in [0.15, 0.2) is 6.07 Å². The van der Waals surface area contributed by atoms with Crippen molar-refractivity contribution in [2.45, 2.75) is 30.8 Å². The molecule has 2 aliphatic rings. The van der Waals surface area contributed by atoms with E-state index in [1.165, 1.54) is 0 Å². The van der Waals surface area contributed by atoms with Gasteiger partial charge in [0.15, 0.2) is 0 Å². The van der Waals surface area contributed by atoms with E-state index in [1.807, 2.05) is 0 Å². The van der Waals surface area contributed by atoms with E-state index in [0.717, 1.165) is 18.7 Å². The third-order valence-electron chi connectivity index (χ3n) is 3.39. The molecule has 1 aliphatic heterocycles. The van der Waals surface area contributed by atoms with Gasteiger partial charge in [-0.25, -0.2) is 9.97 Å². The Morgan fingerprint density at radius 3 is 3.00 bits per heavy atom. The predicted octanol–water partition coefficient (Wildman–Crippen LogP) is 0.499. The minimum absolute atomic E-state index is 0.371. The number of aliphatic hydroxyl groups is 1. The van der Waals surface area contributed by atoms with Crippen molar-refractivity contribution in [3.8, 4) is 0 Å². The molecule has 6 heteroatoms. The van der Waals surface area contributed by atoms with Crippen LogP contribution in [0.2, 0.25) is 0 Å². The monoisotopic (exact) mass is 250 g/mol. The van der Waals surface area contributed by atoms with E-state index in [-0.39, 0.29) is 0 Å². The zero-order valence-corrected chi connectivity index (χ0v) is 10.2. The lowest BCUT2D eigenvalue weighted by atomic mass is 10.0. The van der Waals surface area contributed by atoms with Gasteiger partial charge in [-0.2, -0.15) is 0 Å². The molecule has 0 aromatic carbocycles. The fraction of sp³-hybridized carbons (Fsp3) is 0.667. The fourth-order valence-corrected chi connectivity index (χ4v) is 2.09. The van der Waals surface area contributed by atoms with Crippen LogP contribution in [-0.4, -0.2) is 40.4 Å². The van der Waals surface area contributed by atoms with Crippen molar-refractivity contribution in [1.29, 1.82) is 0 Å². The summed E-state index contributed by atoms with van der Waals surface area (Å²) >= 11 is 0. The molecule has 18 heavy (non-hydrogen) atoms. The van der Waals surface area contributed by atoms with E-state index >= 15 is 0 Å². The number of nitrogens with zero attached hydrogens (tertiary/aromatic N) is 2. The van der Waals surface area contributed by atoms with Crippen molar-refractivity contribution >= 4 is 11.6 Å². The van der Waals surface area contributed by atoms with Crippen molar-refractivity contribution in [3.63, 3.8) is 0 Å². The first-order valence-corrected chi connectivity index (χ1v) is 6.33. The van der Waals surface area contributed by atoms with E-state index in [4.69, 9.17) is 10.5 Å². The molecule has 1 aromatic heterocycles. The molecule has 1 unspecified atom stereocenters. The number of ether oxygens (including phenoxy) is 1. The first-order valence-electron chi connectivity index (χ1n) is 6.33. The van der Waals surface area contributed by atoms with Crippen molar-refractivity contribution in [2.75, 3.05) is 30.8 Å². The zero-order chi connectivity index (χ0) is 12.6. The van der Waals surface area contributed by atoms with Crippen molar-refractivity contribution in [1.82, 2.24) is 9.97 Å². The molecule has 1 aliphatic carbocycles. The van der Waals surface area contributed by atoms with Gasteiger partial charge in [0, 0.05) is 31.6 Å². The quantitative estimate of drug-likeness (QED) is 0.720. The minimum atomic E-state index is -0.792. The van der Waals surface area contributed by atoms with Crippen molar-refractivity contribution in [3.05, 3.63) is 11.9 Å². The molecule has 0 bridgehead atoms. The topological polar surface area (TPSA) is 93.3 Å². The summed E-state index contributed by atoms with van der Waals surface area (Å²) in [6.07, 6.45) is 2.93.